The van der Waals surface area contributed by atoms with Crippen molar-refractivity contribution in [3.05, 3.63) is 53.6 Å². The smallest absolute Gasteiger partial charge is 0.305 e. The van der Waals surface area contributed by atoms with Crippen LogP contribution in [-0.4, -0.2) is 43.8 Å². The van der Waals surface area contributed by atoms with Crippen LogP contribution in [0.2, 0.25) is 5.02 Å². The van der Waals surface area contributed by atoms with Crippen LogP contribution in [0.4, 0.5) is 11.4 Å². The number of rotatable bonds is 12. The first-order valence-electron chi connectivity index (χ1n) is 11.6. The summed E-state index contributed by atoms with van der Waals surface area (Å²) < 4.78 is 10.3. The second kappa shape index (κ2) is 12.9. The van der Waals surface area contributed by atoms with E-state index in [1.54, 1.807) is 48.5 Å². The van der Waals surface area contributed by atoms with Crippen molar-refractivity contribution in [2.24, 2.45) is 5.92 Å². The normalized spacial score (nSPS) is 15.3. The molecule has 0 radical (unpaired) electrons. The van der Waals surface area contributed by atoms with Gasteiger partial charge in [-0.1, -0.05) is 30.9 Å². The number of halogens is 1. The largest absolute Gasteiger partial charge is 0.494 e. The maximum atomic E-state index is 12.7. The van der Waals surface area contributed by atoms with E-state index in [1.807, 2.05) is 0 Å². The Labute approximate surface area is 209 Å². The molecule has 0 bridgehead atoms. The lowest BCUT2D eigenvalue weighted by atomic mass is 10.1. The highest BCUT2D eigenvalue weighted by Crippen LogP contribution is 2.26. The summed E-state index contributed by atoms with van der Waals surface area (Å²) in [6.07, 6.45) is 5.20. The number of benzene rings is 2. The topological polar surface area (TPSA) is 102 Å². The van der Waals surface area contributed by atoms with E-state index in [0.29, 0.717) is 35.2 Å². The summed E-state index contributed by atoms with van der Waals surface area (Å²) in [6, 6.07) is 13.3. The lowest BCUT2D eigenvalue weighted by Crippen LogP contribution is -2.34. The molecule has 0 aliphatic carbocycles. The molecule has 0 saturated carbocycles. The summed E-state index contributed by atoms with van der Waals surface area (Å²) in [5.41, 5.74) is 0.990. The highest BCUT2D eigenvalue weighted by Gasteiger charge is 2.44. The Kier molecular flexibility index (Phi) is 9.66. The molecule has 1 heterocycles. The maximum absolute atomic E-state index is 12.7. The SMILES string of the molecule is COC(=O)CCCCCCCOc1ccc(NC(=O)C2C(=O)CN(c3ccc(Cl)cc3)C2=O)cc1. The third kappa shape index (κ3) is 7.55. The molecule has 0 aromatic heterocycles. The average molecular weight is 501 g/mol. The number of nitrogens with one attached hydrogen (secondary N) is 1. The number of ether oxygens (including phenoxy) is 2. The summed E-state index contributed by atoms with van der Waals surface area (Å²) in [4.78, 5) is 50.2. The van der Waals surface area contributed by atoms with Crippen molar-refractivity contribution in [2.75, 3.05) is 30.5 Å². The minimum atomic E-state index is -1.38. The predicted molar refractivity (Wildman–Crippen MR) is 133 cm³/mol. The first-order valence-corrected chi connectivity index (χ1v) is 12.0. The number of carbonyl (C=O) groups is 4. The van der Waals surface area contributed by atoms with Gasteiger partial charge in [0, 0.05) is 22.8 Å². The van der Waals surface area contributed by atoms with Crippen molar-refractivity contribution in [3.63, 3.8) is 0 Å². The molecule has 3 rings (SSSR count). The Morgan fingerprint density at radius 3 is 2.31 bits per heavy atom. The molecule has 1 saturated heterocycles. The Morgan fingerprint density at radius 1 is 0.971 bits per heavy atom. The molecule has 1 fully saturated rings. The van der Waals surface area contributed by atoms with Crippen LogP contribution in [0.15, 0.2) is 48.5 Å². The number of methoxy groups -OCH3 is 1. The van der Waals surface area contributed by atoms with E-state index in [-0.39, 0.29) is 12.5 Å². The van der Waals surface area contributed by atoms with E-state index >= 15 is 0 Å². The molecule has 186 valence electrons. The van der Waals surface area contributed by atoms with Crippen molar-refractivity contribution < 1.29 is 28.7 Å². The Balaban J connectivity index is 1.41. The Morgan fingerprint density at radius 2 is 1.63 bits per heavy atom. The van der Waals surface area contributed by atoms with E-state index in [4.69, 9.17) is 16.3 Å². The van der Waals surface area contributed by atoms with Crippen LogP contribution in [0.5, 0.6) is 5.75 Å². The van der Waals surface area contributed by atoms with Gasteiger partial charge in [-0.25, -0.2) is 0 Å². The maximum Gasteiger partial charge on any atom is 0.305 e. The van der Waals surface area contributed by atoms with E-state index in [2.05, 4.69) is 10.1 Å². The van der Waals surface area contributed by atoms with Gasteiger partial charge in [-0.05, 0) is 61.4 Å². The minimum Gasteiger partial charge on any atom is -0.494 e. The lowest BCUT2D eigenvalue weighted by Gasteiger charge is -2.15. The zero-order valence-corrected chi connectivity index (χ0v) is 20.4. The van der Waals surface area contributed by atoms with Crippen molar-refractivity contribution in [1.29, 1.82) is 0 Å². The summed E-state index contributed by atoms with van der Waals surface area (Å²) >= 11 is 5.88. The summed E-state index contributed by atoms with van der Waals surface area (Å²) in [5.74, 6) is -2.55. The lowest BCUT2D eigenvalue weighted by molar-refractivity contribution is -0.141. The molecule has 1 aliphatic heterocycles. The quantitative estimate of drug-likeness (QED) is 0.263. The van der Waals surface area contributed by atoms with Gasteiger partial charge in [0.25, 0.3) is 0 Å². The van der Waals surface area contributed by atoms with Crippen molar-refractivity contribution >= 4 is 46.5 Å². The van der Waals surface area contributed by atoms with Crippen molar-refractivity contribution in [2.45, 2.75) is 38.5 Å². The van der Waals surface area contributed by atoms with Gasteiger partial charge in [0.05, 0.1) is 20.3 Å². The van der Waals surface area contributed by atoms with E-state index in [0.717, 1.165) is 32.1 Å². The molecule has 1 N–H and O–H groups in total. The van der Waals surface area contributed by atoms with Crippen molar-refractivity contribution in [1.82, 2.24) is 0 Å². The van der Waals surface area contributed by atoms with Crippen LogP contribution in [-0.2, 0) is 23.9 Å². The first kappa shape index (κ1) is 26.2. The number of anilines is 2. The van der Waals surface area contributed by atoms with Crippen LogP contribution in [0.3, 0.4) is 0 Å². The zero-order chi connectivity index (χ0) is 25.2. The van der Waals surface area contributed by atoms with Crippen molar-refractivity contribution in [3.8, 4) is 5.75 Å². The third-order valence-corrected chi connectivity index (χ3v) is 5.94. The number of nitrogens with zero attached hydrogens (tertiary/aromatic N) is 1. The Bertz CT molecular complexity index is 1040. The molecule has 2 amide bonds. The molecule has 1 atom stereocenters. The van der Waals surface area contributed by atoms with E-state index in [1.165, 1.54) is 12.0 Å². The molecule has 8 nitrogen and oxygen atoms in total. The average Bonchev–Trinajstić information content (AvgIpc) is 3.15. The number of unbranched alkanes of at least 4 members (excludes halogenated alkanes) is 4. The third-order valence-electron chi connectivity index (χ3n) is 5.69. The minimum absolute atomic E-state index is 0.156. The Hall–Kier alpha value is -3.39. The number of ketones is 1. The van der Waals surface area contributed by atoms with Crippen LogP contribution in [0, 0.1) is 5.92 Å². The number of esters is 1. The molecular formula is C26H29ClN2O6. The summed E-state index contributed by atoms with van der Waals surface area (Å²) in [5, 5.41) is 3.16. The van der Waals surface area contributed by atoms with Gasteiger partial charge in [0.2, 0.25) is 11.8 Å². The van der Waals surface area contributed by atoms with Gasteiger partial charge in [-0.2, -0.15) is 0 Å². The fraction of sp³-hybridized carbons (Fsp3) is 0.385. The number of hydrogen-bond donors (Lipinski definition) is 1. The van der Waals surface area contributed by atoms with Crippen LogP contribution in [0.25, 0.3) is 0 Å². The standard InChI is InChI=1S/C26H29ClN2O6/c1-34-23(31)7-5-3-2-4-6-16-35-21-14-10-19(11-15-21)28-25(32)24-22(30)17-29(26(24)33)20-12-8-18(27)9-13-20/h8-15,24H,2-7,16-17H2,1H3,(H,28,32). The van der Waals surface area contributed by atoms with Gasteiger partial charge >= 0.3 is 5.97 Å². The molecule has 1 unspecified atom stereocenters. The molecule has 2 aromatic carbocycles. The molecule has 2 aromatic rings. The second-order valence-electron chi connectivity index (χ2n) is 8.26. The monoisotopic (exact) mass is 500 g/mol. The highest BCUT2D eigenvalue weighted by atomic mass is 35.5. The zero-order valence-electron chi connectivity index (χ0n) is 19.6. The van der Waals surface area contributed by atoms with Gasteiger partial charge in [0.15, 0.2) is 11.7 Å². The fourth-order valence-electron chi connectivity index (χ4n) is 3.76. The molecule has 0 spiro atoms. The van der Waals surface area contributed by atoms with Crippen LogP contribution >= 0.6 is 11.6 Å². The summed E-state index contributed by atoms with van der Waals surface area (Å²) in [6.45, 7) is 0.408. The fourth-order valence-corrected chi connectivity index (χ4v) is 3.89. The number of carbonyl (C=O) groups excluding carboxylic acids is 4. The number of Topliss-reactive ketones (excluding diaryl/α,β-unsaturated/α-hetero) is 1. The molecular weight excluding hydrogens is 472 g/mol. The van der Waals surface area contributed by atoms with E-state index < -0.39 is 23.5 Å². The van der Waals surface area contributed by atoms with Gasteiger partial charge in [-0.15, -0.1) is 0 Å². The summed E-state index contributed by atoms with van der Waals surface area (Å²) in [7, 11) is 1.40. The van der Waals surface area contributed by atoms with Crippen LogP contribution in [0.1, 0.15) is 38.5 Å². The van der Waals surface area contributed by atoms with Gasteiger partial charge in [-0.3, -0.25) is 19.2 Å². The predicted octanol–water partition coefficient (Wildman–Crippen LogP) is 4.40. The second-order valence-corrected chi connectivity index (χ2v) is 8.69. The molecule has 35 heavy (non-hydrogen) atoms. The van der Waals surface area contributed by atoms with Gasteiger partial charge in [0.1, 0.15) is 5.75 Å². The first-order chi connectivity index (χ1) is 16.9. The molecule has 9 heteroatoms. The number of hydrogen-bond acceptors (Lipinski definition) is 6. The van der Waals surface area contributed by atoms with Gasteiger partial charge < -0.3 is 19.7 Å². The molecule has 1 aliphatic rings. The highest BCUT2D eigenvalue weighted by molar-refractivity contribution is 6.31. The van der Waals surface area contributed by atoms with E-state index in [9.17, 15) is 19.2 Å². The van der Waals surface area contributed by atoms with Crippen LogP contribution < -0.4 is 15.0 Å². The number of amides is 2.